The average Bonchev–Trinajstić information content (AvgIpc) is 3.22. The van der Waals surface area contributed by atoms with E-state index in [-0.39, 0.29) is 5.69 Å². The molecule has 1 fully saturated rings. The lowest BCUT2D eigenvalue weighted by atomic mass is 10.1. The van der Waals surface area contributed by atoms with Crippen molar-refractivity contribution >= 4 is 11.8 Å². The Morgan fingerprint density at radius 2 is 2.28 bits per heavy atom. The van der Waals surface area contributed by atoms with Gasteiger partial charge in [0.1, 0.15) is 5.82 Å². The van der Waals surface area contributed by atoms with Crippen molar-refractivity contribution in [2.24, 2.45) is 5.92 Å². The van der Waals surface area contributed by atoms with Crippen LogP contribution in [0.5, 0.6) is 0 Å². The summed E-state index contributed by atoms with van der Waals surface area (Å²) in [6.07, 6.45) is 7.99. The van der Waals surface area contributed by atoms with E-state index in [0.29, 0.717) is 6.04 Å². The van der Waals surface area contributed by atoms with Gasteiger partial charge in [0, 0.05) is 6.04 Å². The summed E-state index contributed by atoms with van der Waals surface area (Å²) in [5, 5.41) is 3.36. The number of hydrogen-bond donors (Lipinski definition) is 1. The highest BCUT2D eigenvalue weighted by Crippen LogP contribution is 2.34. The lowest BCUT2D eigenvalue weighted by Gasteiger charge is -2.16. The van der Waals surface area contributed by atoms with Crippen molar-refractivity contribution in [1.82, 2.24) is 9.97 Å². The molecule has 2 rings (SSSR count). The highest BCUT2D eigenvalue weighted by atomic mass is 16.5. The molecule has 18 heavy (non-hydrogen) atoms. The first-order valence-corrected chi connectivity index (χ1v) is 6.39. The zero-order valence-electron chi connectivity index (χ0n) is 10.8. The second kappa shape index (κ2) is 5.80. The maximum absolute atomic E-state index is 11.2. The van der Waals surface area contributed by atoms with Gasteiger partial charge in [-0.3, -0.25) is 0 Å². The molecular weight excluding hydrogens is 230 g/mol. The van der Waals surface area contributed by atoms with E-state index < -0.39 is 5.97 Å². The van der Waals surface area contributed by atoms with Crippen LogP contribution in [0, 0.1) is 5.92 Å². The summed E-state index contributed by atoms with van der Waals surface area (Å²) >= 11 is 0. The fraction of sp³-hybridized carbons (Fsp3) is 0.615. The number of nitrogens with one attached hydrogen (secondary N) is 1. The molecule has 0 spiro atoms. The van der Waals surface area contributed by atoms with Gasteiger partial charge in [-0.2, -0.15) is 0 Å². The normalized spacial score (nSPS) is 16.1. The molecule has 1 aromatic heterocycles. The van der Waals surface area contributed by atoms with Crippen LogP contribution in [0.1, 0.15) is 43.1 Å². The number of rotatable bonds is 6. The number of ether oxygens (including phenoxy) is 1. The Balaban J connectivity index is 1.93. The number of methoxy groups -OCH3 is 1. The highest BCUT2D eigenvalue weighted by Gasteiger charge is 2.24. The number of hydrogen-bond acceptors (Lipinski definition) is 5. The third kappa shape index (κ3) is 3.42. The fourth-order valence-electron chi connectivity index (χ4n) is 1.91. The number of esters is 1. The van der Waals surface area contributed by atoms with Gasteiger partial charge in [0.2, 0.25) is 0 Å². The van der Waals surface area contributed by atoms with Crippen LogP contribution in [0.4, 0.5) is 5.82 Å². The molecule has 5 heteroatoms. The van der Waals surface area contributed by atoms with Crippen LogP contribution in [0.2, 0.25) is 0 Å². The lowest BCUT2D eigenvalue weighted by Crippen LogP contribution is -2.20. The topological polar surface area (TPSA) is 64.1 Å². The van der Waals surface area contributed by atoms with E-state index in [1.54, 1.807) is 6.20 Å². The Bertz CT molecular complexity index is 401. The van der Waals surface area contributed by atoms with Crippen molar-refractivity contribution in [2.75, 3.05) is 12.4 Å². The summed E-state index contributed by atoms with van der Waals surface area (Å²) in [5.41, 5.74) is 0.235. The van der Waals surface area contributed by atoms with E-state index in [9.17, 15) is 4.79 Å². The molecule has 1 saturated carbocycles. The maximum atomic E-state index is 11.2. The van der Waals surface area contributed by atoms with Crippen LogP contribution in [0.15, 0.2) is 12.4 Å². The molecule has 0 aromatic carbocycles. The molecule has 0 saturated heterocycles. The molecule has 1 atom stereocenters. The molecule has 1 unspecified atom stereocenters. The largest absolute Gasteiger partial charge is 0.464 e. The van der Waals surface area contributed by atoms with E-state index in [1.807, 2.05) is 0 Å². The molecule has 0 amide bonds. The summed E-state index contributed by atoms with van der Waals surface area (Å²) in [4.78, 5) is 19.4. The first kappa shape index (κ1) is 12.8. The predicted molar refractivity (Wildman–Crippen MR) is 68.4 cm³/mol. The zero-order valence-corrected chi connectivity index (χ0v) is 10.8. The number of carbonyl (C=O) groups is 1. The van der Waals surface area contributed by atoms with Crippen LogP contribution in [0.25, 0.3) is 0 Å². The Labute approximate surface area is 107 Å². The Kier molecular flexibility index (Phi) is 4.12. The van der Waals surface area contributed by atoms with Crippen molar-refractivity contribution in [3.8, 4) is 0 Å². The van der Waals surface area contributed by atoms with Gasteiger partial charge >= 0.3 is 5.97 Å². The molecule has 0 aliphatic heterocycles. The summed E-state index contributed by atoms with van der Waals surface area (Å²) in [7, 11) is 1.33. The Hall–Kier alpha value is -1.65. The molecule has 1 aliphatic rings. The van der Waals surface area contributed by atoms with Crippen LogP contribution in [-0.2, 0) is 4.74 Å². The third-order valence-corrected chi connectivity index (χ3v) is 3.21. The lowest BCUT2D eigenvalue weighted by molar-refractivity contribution is 0.0593. The number of nitrogens with zero attached hydrogens (tertiary/aromatic N) is 2. The quantitative estimate of drug-likeness (QED) is 0.783. The van der Waals surface area contributed by atoms with Gasteiger partial charge in [0.25, 0.3) is 0 Å². The summed E-state index contributed by atoms with van der Waals surface area (Å²) in [6.45, 7) is 2.16. The van der Waals surface area contributed by atoms with Gasteiger partial charge in [-0.05, 0) is 18.8 Å². The molecule has 1 aromatic rings. The molecule has 1 heterocycles. The van der Waals surface area contributed by atoms with Crippen LogP contribution in [-0.4, -0.2) is 29.1 Å². The minimum atomic E-state index is -0.459. The SMILES string of the molecule is CCC(CC1CC1)Nc1cnc(C(=O)OC)cn1. The molecule has 1 N–H and O–H groups in total. The van der Waals surface area contributed by atoms with Gasteiger partial charge in [0.15, 0.2) is 5.69 Å². The maximum Gasteiger partial charge on any atom is 0.358 e. The van der Waals surface area contributed by atoms with Crippen LogP contribution in [0.3, 0.4) is 0 Å². The van der Waals surface area contributed by atoms with E-state index in [0.717, 1.165) is 18.2 Å². The summed E-state index contributed by atoms with van der Waals surface area (Å²) in [6, 6.07) is 0.441. The Morgan fingerprint density at radius 3 is 2.78 bits per heavy atom. The first-order valence-electron chi connectivity index (χ1n) is 6.39. The van der Waals surface area contributed by atoms with Crippen LogP contribution >= 0.6 is 0 Å². The standard InChI is InChI=1S/C13H19N3O2/c1-3-10(6-9-4-5-9)16-12-8-14-11(7-15-12)13(17)18-2/h7-10H,3-6H2,1-2H3,(H,15,16). The second-order valence-corrected chi connectivity index (χ2v) is 4.71. The van der Waals surface area contributed by atoms with Crippen molar-refractivity contribution < 1.29 is 9.53 Å². The van der Waals surface area contributed by atoms with E-state index in [1.165, 1.54) is 32.6 Å². The van der Waals surface area contributed by atoms with E-state index in [2.05, 4.69) is 26.9 Å². The second-order valence-electron chi connectivity index (χ2n) is 4.71. The van der Waals surface area contributed by atoms with E-state index in [4.69, 9.17) is 0 Å². The molecular formula is C13H19N3O2. The van der Waals surface area contributed by atoms with Crippen molar-refractivity contribution in [3.05, 3.63) is 18.1 Å². The van der Waals surface area contributed by atoms with Crippen molar-refractivity contribution in [1.29, 1.82) is 0 Å². The fourth-order valence-corrected chi connectivity index (χ4v) is 1.91. The molecule has 0 radical (unpaired) electrons. The van der Waals surface area contributed by atoms with Gasteiger partial charge < -0.3 is 10.1 Å². The number of anilines is 1. The average molecular weight is 249 g/mol. The van der Waals surface area contributed by atoms with Crippen LogP contribution < -0.4 is 5.32 Å². The minimum Gasteiger partial charge on any atom is -0.464 e. The van der Waals surface area contributed by atoms with Gasteiger partial charge in [-0.1, -0.05) is 19.8 Å². The summed E-state index contributed by atoms with van der Waals surface area (Å²) in [5.74, 6) is 1.14. The highest BCUT2D eigenvalue weighted by molar-refractivity contribution is 5.86. The van der Waals surface area contributed by atoms with Crippen molar-refractivity contribution in [3.63, 3.8) is 0 Å². The molecule has 5 nitrogen and oxygen atoms in total. The smallest absolute Gasteiger partial charge is 0.358 e. The third-order valence-electron chi connectivity index (χ3n) is 3.21. The number of aromatic nitrogens is 2. The Morgan fingerprint density at radius 1 is 1.50 bits per heavy atom. The monoisotopic (exact) mass is 249 g/mol. The van der Waals surface area contributed by atoms with Crippen molar-refractivity contribution in [2.45, 2.75) is 38.6 Å². The van der Waals surface area contributed by atoms with Gasteiger partial charge in [-0.15, -0.1) is 0 Å². The van der Waals surface area contributed by atoms with Gasteiger partial charge in [-0.25, -0.2) is 14.8 Å². The zero-order chi connectivity index (χ0) is 13.0. The van der Waals surface area contributed by atoms with Gasteiger partial charge in [0.05, 0.1) is 19.5 Å². The number of carbonyl (C=O) groups excluding carboxylic acids is 1. The molecule has 1 aliphatic carbocycles. The first-order chi connectivity index (χ1) is 8.72. The molecule has 98 valence electrons. The predicted octanol–water partition coefficient (Wildman–Crippen LogP) is 2.25. The molecule has 0 bridgehead atoms. The minimum absolute atomic E-state index is 0.235. The summed E-state index contributed by atoms with van der Waals surface area (Å²) < 4.78 is 4.58. The van der Waals surface area contributed by atoms with E-state index >= 15 is 0 Å².